The summed E-state index contributed by atoms with van der Waals surface area (Å²) in [6, 6.07) is 13.4. The highest BCUT2D eigenvalue weighted by atomic mass is 16.5. The van der Waals surface area contributed by atoms with E-state index in [4.69, 9.17) is 9.26 Å². The number of amides is 1. The lowest BCUT2D eigenvalue weighted by molar-refractivity contribution is -0.132. The fourth-order valence-corrected chi connectivity index (χ4v) is 4.05. The number of hydrogen-bond acceptors (Lipinski definition) is 7. The molecular weight excluding hydrogens is 430 g/mol. The highest BCUT2D eigenvalue weighted by Crippen LogP contribution is 2.29. The first kappa shape index (κ1) is 23.5. The van der Waals surface area contributed by atoms with E-state index in [1.807, 2.05) is 37.8 Å². The van der Waals surface area contributed by atoms with Crippen molar-refractivity contribution in [3.63, 3.8) is 0 Å². The minimum atomic E-state index is -0.193. The van der Waals surface area contributed by atoms with Crippen LogP contribution in [0, 0.1) is 11.3 Å². The minimum absolute atomic E-state index is 0.0296. The number of rotatable bonds is 6. The first-order chi connectivity index (χ1) is 16.4. The standard InChI is InChI=1S/C26H29N5O3/c1-16(2)33-23-8-7-21(14-22(23)15-27)25-29-24(30-34-25)20-6-5-18-9-11-31(12-10-19(18)13-20)26(32)17(3)28-4/h5-8,13-14,16-17,28H,9-12H2,1-4H3. The summed E-state index contributed by atoms with van der Waals surface area (Å²) < 4.78 is 11.2. The molecule has 34 heavy (non-hydrogen) atoms. The summed E-state index contributed by atoms with van der Waals surface area (Å²) >= 11 is 0. The van der Waals surface area contributed by atoms with E-state index in [0.717, 1.165) is 18.4 Å². The molecule has 0 spiro atoms. The Morgan fingerprint density at radius 1 is 1.12 bits per heavy atom. The number of likely N-dealkylation sites (N-methyl/N-ethyl adjacent to an activating group) is 1. The van der Waals surface area contributed by atoms with Crippen molar-refractivity contribution in [2.45, 2.75) is 45.8 Å². The summed E-state index contributed by atoms with van der Waals surface area (Å²) in [6.45, 7) is 7.11. The fraction of sp³-hybridized carbons (Fsp3) is 0.385. The van der Waals surface area contributed by atoms with E-state index in [2.05, 4.69) is 33.7 Å². The van der Waals surface area contributed by atoms with Crippen molar-refractivity contribution < 1.29 is 14.1 Å². The largest absolute Gasteiger partial charge is 0.490 e. The summed E-state index contributed by atoms with van der Waals surface area (Å²) in [5, 5.41) is 16.7. The zero-order valence-corrected chi connectivity index (χ0v) is 20.0. The van der Waals surface area contributed by atoms with Crippen molar-refractivity contribution in [3.05, 3.63) is 53.1 Å². The second-order valence-corrected chi connectivity index (χ2v) is 8.73. The van der Waals surface area contributed by atoms with Crippen LogP contribution in [0.5, 0.6) is 5.75 Å². The molecule has 0 saturated heterocycles. The van der Waals surface area contributed by atoms with Crippen LogP contribution in [-0.2, 0) is 17.6 Å². The number of fused-ring (bicyclic) bond motifs is 1. The van der Waals surface area contributed by atoms with Crippen LogP contribution < -0.4 is 10.1 Å². The Labute approximate surface area is 199 Å². The lowest BCUT2D eigenvalue weighted by Crippen LogP contribution is -2.44. The molecule has 8 nitrogen and oxygen atoms in total. The molecule has 1 aromatic heterocycles. The molecule has 1 unspecified atom stereocenters. The first-order valence-corrected chi connectivity index (χ1v) is 11.5. The van der Waals surface area contributed by atoms with Gasteiger partial charge in [-0.05, 0) is 76.1 Å². The topological polar surface area (TPSA) is 104 Å². The smallest absolute Gasteiger partial charge is 0.258 e. The maximum Gasteiger partial charge on any atom is 0.258 e. The Balaban J connectivity index is 1.54. The number of carbonyl (C=O) groups excluding carboxylic acids is 1. The minimum Gasteiger partial charge on any atom is -0.490 e. The van der Waals surface area contributed by atoms with E-state index >= 15 is 0 Å². The maximum absolute atomic E-state index is 12.6. The number of nitrogens with one attached hydrogen (secondary N) is 1. The number of hydrogen-bond donors (Lipinski definition) is 1. The van der Waals surface area contributed by atoms with Gasteiger partial charge in [-0.25, -0.2) is 0 Å². The Hall–Kier alpha value is -3.70. The van der Waals surface area contributed by atoms with Gasteiger partial charge in [0.15, 0.2) is 0 Å². The quantitative estimate of drug-likeness (QED) is 0.601. The molecule has 1 N–H and O–H groups in total. The van der Waals surface area contributed by atoms with Crippen molar-refractivity contribution in [3.8, 4) is 34.7 Å². The maximum atomic E-state index is 12.6. The number of nitrogens with zero attached hydrogens (tertiary/aromatic N) is 4. The molecule has 1 aliphatic heterocycles. The molecular formula is C26H29N5O3. The van der Waals surface area contributed by atoms with Gasteiger partial charge in [0, 0.05) is 24.2 Å². The molecule has 1 amide bonds. The van der Waals surface area contributed by atoms with Crippen LogP contribution in [0.3, 0.4) is 0 Å². The van der Waals surface area contributed by atoms with E-state index in [1.54, 1.807) is 19.2 Å². The van der Waals surface area contributed by atoms with Gasteiger partial charge in [-0.15, -0.1) is 0 Å². The molecule has 3 aromatic rings. The molecule has 2 heterocycles. The van der Waals surface area contributed by atoms with E-state index < -0.39 is 0 Å². The van der Waals surface area contributed by atoms with Crippen LogP contribution in [0.2, 0.25) is 0 Å². The van der Waals surface area contributed by atoms with Gasteiger partial charge in [0.25, 0.3) is 5.89 Å². The number of benzene rings is 2. The van der Waals surface area contributed by atoms with E-state index in [9.17, 15) is 10.1 Å². The van der Waals surface area contributed by atoms with Crippen molar-refractivity contribution in [2.24, 2.45) is 0 Å². The predicted octanol–water partition coefficient (Wildman–Crippen LogP) is 3.60. The van der Waals surface area contributed by atoms with E-state index in [1.165, 1.54) is 11.1 Å². The van der Waals surface area contributed by atoms with Gasteiger partial charge in [0.1, 0.15) is 11.8 Å². The lowest BCUT2D eigenvalue weighted by atomic mass is 10.00. The molecule has 176 valence electrons. The third kappa shape index (κ3) is 4.95. The third-order valence-electron chi connectivity index (χ3n) is 6.02. The molecule has 0 saturated carbocycles. The van der Waals surface area contributed by atoms with Crippen LogP contribution in [-0.4, -0.2) is 53.2 Å². The van der Waals surface area contributed by atoms with Crippen molar-refractivity contribution >= 4 is 5.91 Å². The SMILES string of the molecule is CNC(C)C(=O)N1CCc2ccc(-c3noc(-c4ccc(OC(C)C)c(C#N)c4)n3)cc2CC1. The Bertz CT molecular complexity index is 1230. The van der Waals surface area contributed by atoms with Crippen LogP contribution in [0.25, 0.3) is 22.8 Å². The van der Waals surface area contributed by atoms with Crippen molar-refractivity contribution in [1.29, 1.82) is 5.26 Å². The van der Waals surface area contributed by atoms with Gasteiger partial charge in [-0.3, -0.25) is 4.79 Å². The van der Waals surface area contributed by atoms with Crippen LogP contribution in [0.15, 0.2) is 40.9 Å². The summed E-state index contributed by atoms with van der Waals surface area (Å²) in [6.07, 6.45) is 1.56. The third-order valence-corrected chi connectivity index (χ3v) is 6.02. The van der Waals surface area contributed by atoms with Gasteiger partial charge >= 0.3 is 0 Å². The lowest BCUT2D eigenvalue weighted by Gasteiger charge is -2.23. The Kier molecular flexibility index (Phi) is 6.94. The van der Waals surface area contributed by atoms with E-state index in [0.29, 0.717) is 41.7 Å². The number of aromatic nitrogens is 2. The summed E-state index contributed by atoms with van der Waals surface area (Å²) in [4.78, 5) is 19.1. The van der Waals surface area contributed by atoms with Gasteiger partial charge in [-0.1, -0.05) is 17.3 Å². The van der Waals surface area contributed by atoms with Crippen molar-refractivity contribution in [2.75, 3.05) is 20.1 Å². The molecule has 1 atom stereocenters. The Morgan fingerprint density at radius 2 is 1.85 bits per heavy atom. The molecule has 0 bridgehead atoms. The zero-order valence-electron chi connectivity index (χ0n) is 20.0. The molecule has 1 aliphatic rings. The predicted molar refractivity (Wildman–Crippen MR) is 128 cm³/mol. The summed E-state index contributed by atoms with van der Waals surface area (Å²) in [5.41, 5.74) is 4.37. The van der Waals surface area contributed by atoms with E-state index in [-0.39, 0.29) is 18.1 Å². The number of nitriles is 1. The van der Waals surface area contributed by atoms with Gasteiger partial charge in [0.2, 0.25) is 11.7 Å². The average molecular weight is 460 g/mol. The zero-order chi connectivity index (χ0) is 24.2. The molecule has 4 rings (SSSR count). The fourth-order valence-electron chi connectivity index (χ4n) is 4.05. The van der Waals surface area contributed by atoms with Crippen LogP contribution in [0.1, 0.15) is 37.5 Å². The molecule has 0 aliphatic carbocycles. The van der Waals surface area contributed by atoms with Gasteiger partial charge < -0.3 is 19.5 Å². The Morgan fingerprint density at radius 3 is 2.56 bits per heavy atom. The van der Waals surface area contributed by atoms with Gasteiger partial charge in [-0.2, -0.15) is 10.2 Å². The monoisotopic (exact) mass is 459 g/mol. The van der Waals surface area contributed by atoms with Crippen molar-refractivity contribution in [1.82, 2.24) is 20.4 Å². The average Bonchev–Trinajstić information content (AvgIpc) is 3.24. The molecule has 0 fully saturated rings. The molecule has 8 heteroatoms. The normalized spacial score (nSPS) is 14.3. The molecule has 0 radical (unpaired) electrons. The summed E-state index contributed by atoms with van der Waals surface area (Å²) in [5.74, 6) is 1.48. The van der Waals surface area contributed by atoms with Crippen LogP contribution >= 0.6 is 0 Å². The number of ether oxygens (including phenoxy) is 1. The first-order valence-electron chi connectivity index (χ1n) is 11.5. The second kappa shape index (κ2) is 10.1. The van der Waals surface area contributed by atoms with Crippen LogP contribution in [0.4, 0.5) is 0 Å². The highest BCUT2D eigenvalue weighted by molar-refractivity contribution is 5.81. The summed E-state index contributed by atoms with van der Waals surface area (Å²) in [7, 11) is 1.80. The highest BCUT2D eigenvalue weighted by Gasteiger charge is 2.23. The van der Waals surface area contributed by atoms with Gasteiger partial charge in [0.05, 0.1) is 17.7 Å². The second-order valence-electron chi connectivity index (χ2n) is 8.73. The number of carbonyl (C=O) groups is 1. The molecule has 2 aromatic carbocycles.